The van der Waals surface area contributed by atoms with Crippen LogP contribution in [0.2, 0.25) is 0 Å². The number of hydrogen-bond acceptors (Lipinski definition) is 5. The molecule has 0 saturated carbocycles. The predicted octanol–water partition coefficient (Wildman–Crippen LogP) is 6.00. The maximum Gasteiger partial charge on any atom is 0.340 e. The zero-order valence-corrected chi connectivity index (χ0v) is 20.0. The van der Waals surface area contributed by atoms with Gasteiger partial charge in [0.2, 0.25) is 0 Å². The number of aromatic nitrogens is 1. The molecule has 0 bridgehead atoms. The Balaban J connectivity index is 1.95. The van der Waals surface area contributed by atoms with Gasteiger partial charge < -0.3 is 9.47 Å². The van der Waals surface area contributed by atoms with E-state index < -0.39 is 11.9 Å². The molecule has 0 saturated heterocycles. The fraction of sp³-hybridized carbons (Fsp3) is 0.321. The van der Waals surface area contributed by atoms with Crippen LogP contribution in [-0.4, -0.2) is 16.9 Å². The van der Waals surface area contributed by atoms with Crippen molar-refractivity contribution in [2.45, 2.75) is 54.3 Å². The number of nitrogens with zero attached hydrogens (tertiary/aromatic N) is 1. The fourth-order valence-electron chi connectivity index (χ4n) is 3.76. The lowest BCUT2D eigenvalue weighted by molar-refractivity contribution is 0.0464. The summed E-state index contributed by atoms with van der Waals surface area (Å²) in [4.78, 5) is 30.9. The molecular formula is C28H31NO4. The van der Waals surface area contributed by atoms with Gasteiger partial charge in [-0.2, -0.15) is 0 Å². The molecule has 33 heavy (non-hydrogen) atoms. The van der Waals surface area contributed by atoms with Gasteiger partial charge in [-0.25, -0.2) is 9.59 Å². The van der Waals surface area contributed by atoms with Gasteiger partial charge in [-0.1, -0.05) is 81.4 Å². The first-order chi connectivity index (χ1) is 15.7. The van der Waals surface area contributed by atoms with Crippen LogP contribution in [0.15, 0.2) is 60.7 Å². The zero-order chi connectivity index (χ0) is 24.0. The fourth-order valence-corrected chi connectivity index (χ4v) is 3.76. The molecule has 2 aromatic carbocycles. The largest absolute Gasteiger partial charge is 0.457 e. The third-order valence-electron chi connectivity index (χ3n) is 5.20. The van der Waals surface area contributed by atoms with Gasteiger partial charge >= 0.3 is 11.9 Å². The van der Waals surface area contributed by atoms with Crippen LogP contribution in [0.3, 0.4) is 0 Å². The predicted molar refractivity (Wildman–Crippen MR) is 128 cm³/mol. The summed E-state index contributed by atoms with van der Waals surface area (Å²) in [7, 11) is 0. The van der Waals surface area contributed by atoms with E-state index in [0.29, 0.717) is 34.5 Å². The van der Waals surface area contributed by atoms with Gasteiger partial charge in [-0.15, -0.1) is 0 Å². The van der Waals surface area contributed by atoms with Crippen LogP contribution in [0.1, 0.15) is 69.6 Å². The molecule has 0 amide bonds. The summed E-state index contributed by atoms with van der Waals surface area (Å²) in [6.07, 6.45) is 0.503. The number of rotatable bonds is 7. The highest BCUT2D eigenvalue weighted by atomic mass is 16.5. The lowest BCUT2D eigenvalue weighted by Crippen LogP contribution is -2.23. The van der Waals surface area contributed by atoms with E-state index in [9.17, 15) is 9.59 Å². The summed E-state index contributed by atoms with van der Waals surface area (Å²) in [5.41, 5.74) is 4.02. The van der Waals surface area contributed by atoms with Crippen LogP contribution in [0.4, 0.5) is 0 Å². The van der Waals surface area contributed by atoms with E-state index in [1.165, 1.54) is 0 Å². The first kappa shape index (κ1) is 24.2. The Hall–Kier alpha value is -3.47. The first-order valence-electron chi connectivity index (χ1n) is 11.1. The minimum Gasteiger partial charge on any atom is -0.457 e. The Kier molecular flexibility index (Phi) is 7.64. The number of aryl methyl sites for hydroxylation is 2. The molecule has 5 heteroatoms. The van der Waals surface area contributed by atoms with Crippen LogP contribution in [0, 0.1) is 19.3 Å². The van der Waals surface area contributed by atoms with Gasteiger partial charge in [-0.3, -0.25) is 4.98 Å². The van der Waals surface area contributed by atoms with Crippen molar-refractivity contribution in [1.82, 2.24) is 4.98 Å². The molecule has 0 N–H and O–H groups in total. The number of carbonyl (C=O) groups is 2. The van der Waals surface area contributed by atoms with Crippen LogP contribution < -0.4 is 0 Å². The number of esters is 2. The summed E-state index contributed by atoms with van der Waals surface area (Å²) in [6, 6.07) is 19.0. The molecule has 1 heterocycles. The molecule has 5 nitrogen and oxygen atoms in total. The summed E-state index contributed by atoms with van der Waals surface area (Å²) < 4.78 is 11.2. The molecule has 0 radical (unpaired) electrons. The van der Waals surface area contributed by atoms with Crippen LogP contribution in [-0.2, 0) is 29.1 Å². The summed E-state index contributed by atoms with van der Waals surface area (Å²) in [6.45, 7) is 10.0. The molecule has 3 aromatic rings. The zero-order valence-electron chi connectivity index (χ0n) is 20.0. The van der Waals surface area contributed by atoms with Crippen molar-refractivity contribution in [2.24, 2.45) is 5.41 Å². The van der Waals surface area contributed by atoms with Gasteiger partial charge in [0, 0.05) is 0 Å². The lowest BCUT2D eigenvalue weighted by Gasteiger charge is -2.24. The molecule has 0 spiro atoms. The molecule has 3 rings (SSSR count). The average molecular weight is 446 g/mol. The number of ether oxygens (including phenoxy) is 2. The molecule has 0 fully saturated rings. The summed E-state index contributed by atoms with van der Waals surface area (Å²) in [5, 5.41) is 0. The maximum absolute atomic E-state index is 13.2. The minimum absolute atomic E-state index is 0.149. The van der Waals surface area contributed by atoms with Crippen molar-refractivity contribution in [3.8, 4) is 0 Å². The van der Waals surface area contributed by atoms with E-state index in [1.54, 1.807) is 13.8 Å². The maximum atomic E-state index is 13.2. The van der Waals surface area contributed by atoms with Crippen molar-refractivity contribution < 1.29 is 19.1 Å². The standard InChI is InChI=1S/C28H31NO4/c1-19-24(26(30)32-17-21-12-8-6-9-13-21)23(16-28(3,4)5)25(20(2)29-19)27(31)33-18-22-14-10-7-11-15-22/h6-15H,16-18H2,1-5H3. The second-order valence-electron chi connectivity index (χ2n) is 9.37. The van der Waals surface area contributed by atoms with Gasteiger partial charge in [0.25, 0.3) is 0 Å². The molecular weight excluding hydrogens is 414 g/mol. The Morgan fingerprint density at radius 2 is 1.12 bits per heavy atom. The van der Waals surface area contributed by atoms with Crippen molar-refractivity contribution in [3.05, 3.63) is 99.9 Å². The van der Waals surface area contributed by atoms with Crippen molar-refractivity contribution in [2.75, 3.05) is 0 Å². The van der Waals surface area contributed by atoms with Gasteiger partial charge in [-0.05, 0) is 42.4 Å². The lowest BCUT2D eigenvalue weighted by atomic mass is 9.83. The van der Waals surface area contributed by atoms with Crippen molar-refractivity contribution in [1.29, 1.82) is 0 Å². The molecule has 1 aromatic heterocycles. The Labute approximate surface area is 195 Å². The Morgan fingerprint density at radius 1 is 0.727 bits per heavy atom. The molecule has 0 atom stereocenters. The summed E-state index contributed by atoms with van der Waals surface area (Å²) >= 11 is 0. The van der Waals surface area contributed by atoms with Crippen LogP contribution in [0.25, 0.3) is 0 Å². The number of benzene rings is 2. The molecule has 0 unspecified atom stereocenters. The van der Waals surface area contributed by atoms with E-state index in [0.717, 1.165) is 11.1 Å². The Morgan fingerprint density at radius 3 is 1.48 bits per heavy atom. The van der Waals surface area contributed by atoms with E-state index in [-0.39, 0.29) is 18.6 Å². The minimum atomic E-state index is -0.486. The third kappa shape index (κ3) is 6.51. The normalized spacial score (nSPS) is 11.2. The topological polar surface area (TPSA) is 65.5 Å². The van der Waals surface area contributed by atoms with Crippen LogP contribution >= 0.6 is 0 Å². The van der Waals surface area contributed by atoms with E-state index in [1.807, 2.05) is 60.7 Å². The number of pyridine rings is 1. The van der Waals surface area contributed by atoms with Gasteiger partial charge in [0.15, 0.2) is 0 Å². The monoisotopic (exact) mass is 445 g/mol. The second-order valence-corrected chi connectivity index (χ2v) is 9.37. The molecule has 0 aliphatic heterocycles. The van der Waals surface area contributed by atoms with Gasteiger partial charge in [0.05, 0.1) is 22.5 Å². The van der Waals surface area contributed by atoms with Crippen molar-refractivity contribution in [3.63, 3.8) is 0 Å². The molecule has 172 valence electrons. The first-order valence-corrected chi connectivity index (χ1v) is 11.1. The van der Waals surface area contributed by atoms with E-state index in [2.05, 4.69) is 25.8 Å². The van der Waals surface area contributed by atoms with Gasteiger partial charge in [0.1, 0.15) is 13.2 Å². The molecule has 0 aliphatic carbocycles. The van der Waals surface area contributed by atoms with E-state index >= 15 is 0 Å². The van der Waals surface area contributed by atoms with Crippen molar-refractivity contribution >= 4 is 11.9 Å². The quantitative estimate of drug-likeness (QED) is 0.417. The Bertz CT molecular complexity index is 1040. The smallest absolute Gasteiger partial charge is 0.340 e. The average Bonchev–Trinajstić information content (AvgIpc) is 2.76. The third-order valence-corrected chi connectivity index (χ3v) is 5.20. The highest BCUT2D eigenvalue weighted by molar-refractivity contribution is 5.99. The highest BCUT2D eigenvalue weighted by Gasteiger charge is 2.29. The highest BCUT2D eigenvalue weighted by Crippen LogP contribution is 2.30. The van der Waals surface area contributed by atoms with E-state index in [4.69, 9.17) is 9.47 Å². The SMILES string of the molecule is Cc1nc(C)c(C(=O)OCc2ccccc2)c(CC(C)(C)C)c1C(=O)OCc1ccccc1. The molecule has 0 aliphatic rings. The van der Waals surface area contributed by atoms with Crippen LogP contribution in [0.5, 0.6) is 0 Å². The number of carbonyl (C=O) groups excluding carboxylic acids is 2. The summed E-state index contributed by atoms with van der Waals surface area (Å²) in [5.74, 6) is -0.972. The second kappa shape index (κ2) is 10.4. The number of hydrogen-bond donors (Lipinski definition) is 0.